The molecule has 0 amide bonds. The van der Waals surface area contributed by atoms with Gasteiger partial charge in [-0.15, -0.1) is 0 Å². The molecule has 2 aliphatic rings. The van der Waals surface area contributed by atoms with Crippen LogP contribution in [-0.4, -0.2) is 32.2 Å². The highest BCUT2D eigenvalue weighted by atomic mass is 16.6. The van der Waals surface area contributed by atoms with Crippen LogP contribution in [0.5, 0.6) is 0 Å². The lowest BCUT2D eigenvalue weighted by Crippen LogP contribution is -2.38. The van der Waals surface area contributed by atoms with Crippen LogP contribution in [0.3, 0.4) is 0 Å². The molecule has 0 aliphatic carbocycles. The van der Waals surface area contributed by atoms with E-state index in [1.165, 1.54) is 6.42 Å². The summed E-state index contributed by atoms with van der Waals surface area (Å²) in [6, 6.07) is 0.306. The van der Waals surface area contributed by atoms with E-state index in [1.807, 2.05) is 0 Å². The first-order valence-electron chi connectivity index (χ1n) is 4.99. The molecular weight excluding hydrogens is 151 g/mol. The summed E-state index contributed by atoms with van der Waals surface area (Å²) in [5.41, 5.74) is 0.0683. The minimum Gasteiger partial charge on any atom is -0.375 e. The zero-order valence-corrected chi connectivity index (χ0v) is 8.17. The third-order valence-electron chi connectivity index (χ3n) is 3.40. The van der Waals surface area contributed by atoms with Gasteiger partial charge in [0.05, 0.1) is 24.3 Å². The molecule has 4 atom stereocenters. The number of fused-ring (bicyclic) bond motifs is 2. The lowest BCUT2D eigenvalue weighted by molar-refractivity contribution is -0.117. The Bertz CT molecular complexity index is 185. The van der Waals surface area contributed by atoms with Crippen LogP contribution >= 0.6 is 0 Å². The van der Waals surface area contributed by atoms with Gasteiger partial charge in [0.15, 0.2) is 0 Å². The molecule has 3 unspecified atom stereocenters. The van der Waals surface area contributed by atoms with E-state index < -0.39 is 0 Å². The zero-order chi connectivity index (χ0) is 8.77. The molecule has 2 nitrogen and oxygen atoms in total. The minimum absolute atomic E-state index is 0.0683. The highest BCUT2D eigenvalue weighted by Crippen LogP contribution is 2.45. The fourth-order valence-corrected chi connectivity index (χ4v) is 2.72. The number of hydrogen-bond donors (Lipinski definition) is 0. The summed E-state index contributed by atoms with van der Waals surface area (Å²) >= 11 is 0. The quantitative estimate of drug-likeness (QED) is 0.560. The molecule has 68 valence electrons. The van der Waals surface area contributed by atoms with Gasteiger partial charge in [0.25, 0.3) is 0 Å². The molecule has 0 N–H and O–H groups in total. The average molecular weight is 168 g/mol. The first kappa shape index (κ1) is 8.58. The van der Waals surface area contributed by atoms with Crippen molar-refractivity contribution >= 4 is 7.85 Å². The molecule has 2 aliphatic heterocycles. The second kappa shape index (κ2) is 2.74. The van der Waals surface area contributed by atoms with Crippen LogP contribution in [0.15, 0.2) is 0 Å². The molecule has 0 saturated carbocycles. The molecule has 2 rings (SSSR count). The molecule has 2 bridgehead atoms. The van der Waals surface area contributed by atoms with Crippen molar-refractivity contribution in [1.29, 1.82) is 0 Å². The Kier molecular flexibility index (Phi) is 1.96. The van der Waals surface area contributed by atoms with Crippen molar-refractivity contribution in [3.8, 4) is 0 Å². The second-order valence-corrected chi connectivity index (χ2v) is 4.20. The van der Waals surface area contributed by atoms with Crippen LogP contribution < -0.4 is 0 Å². The Morgan fingerprint density at radius 1 is 1.58 bits per heavy atom. The Labute approximate surface area is 75.0 Å². The van der Waals surface area contributed by atoms with Crippen molar-refractivity contribution < 1.29 is 9.47 Å². The van der Waals surface area contributed by atoms with Gasteiger partial charge in [-0.05, 0) is 6.42 Å². The Balaban J connectivity index is 2.15. The summed E-state index contributed by atoms with van der Waals surface area (Å²) < 4.78 is 11.7. The average Bonchev–Trinajstić information content (AvgIpc) is 2.41. The summed E-state index contributed by atoms with van der Waals surface area (Å²) in [5, 5.41) is 0. The van der Waals surface area contributed by atoms with E-state index in [4.69, 9.17) is 9.47 Å². The Morgan fingerprint density at radius 3 is 2.75 bits per heavy atom. The van der Waals surface area contributed by atoms with Gasteiger partial charge in [0.2, 0.25) is 0 Å². The smallest absolute Gasteiger partial charge is 0.142 e. The van der Waals surface area contributed by atoms with E-state index in [0.29, 0.717) is 18.0 Å². The van der Waals surface area contributed by atoms with E-state index in [9.17, 15) is 0 Å². The van der Waals surface area contributed by atoms with E-state index in [-0.39, 0.29) is 5.60 Å². The third-order valence-corrected chi connectivity index (χ3v) is 3.40. The predicted octanol–water partition coefficient (Wildman–Crippen LogP) is 0.550. The van der Waals surface area contributed by atoms with Crippen LogP contribution in [0.2, 0.25) is 0 Å². The van der Waals surface area contributed by atoms with Crippen LogP contribution in [0.25, 0.3) is 0 Å². The van der Waals surface area contributed by atoms with Gasteiger partial charge < -0.3 is 9.47 Å². The SMILES string of the molecule is BC1O[C@@]2(CCC)COC1C2C. The minimum atomic E-state index is 0.0683. The highest BCUT2D eigenvalue weighted by molar-refractivity contribution is 6.11. The van der Waals surface area contributed by atoms with Crippen LogP contribution in [0.1, 0.15) is 26.7 Å². The number of rotatable bonds is 2. The summed E-state index contributed by atoms with van der Waals surface area (Å²) in [6.07, 6.45) is 2.69. The van der Waals surface area contributed by atoms with Gasteiger partial charge in [-0.3, -0.25) is 0 Å². The van der Waals surface area contributed by atoms with E-state index in [1.54, 1.807) is 0 Å². The lowest BCUT2D eigenvalue weighted by atomic mass is 9.84. The monoisotopic (exact) mass is 168 g/mol. The number of ether oxygens (including phenoxy) is 2. The number of hydrogen-bond acceptors (Lipinski definition) is 2. The normalized spacial score (nSPS) is 51.7. The van der Waals surface area contributed by atoms with E-state index in [0.717, 1.165) is 13.0 Å². The maximum atomic E-state index is 5.98. The van der Waals surface area contributed by atoms with Gasteiger partial charge >= 0.3 is 0 Å². The summed E-state index contributed by atoms with van der Waals surface area (Å²) in [5.74, 6) is 0.590. The maximum Gasteiger partial charge on any atom is 0.142 e. The summed E-state index contributed by atoms with van der Waals surface area (Å²) in [6.45, 7) is 5.29. The van der Waals surface area contributed by atoms with Crippen LogP contribution in [0, 0.1) is 5.92 Å². The predicted molar refractivity (Wildman–Crippen MR) is 50.0 cm³/mol. The molecule has 12 heavy (non-hydrogen) atoms. The fraction of sp³-hybridized carbons (Fsp3) is 1.00. The molecule has 0 aromatic heterocycles. The zero-order valence-electron chi connectivity index (χ0n) is 8.17. The van der Waals surface area contributed by atoms with Crippen molar-refractivity contribution in [3.63, 3.8) is 0 Å². The van der Waals surface area contributed by atoms with Gasteiger partial charge in [-0.2, -0.15) is 0 Å². The van der Waals surface area contributed by atoms with Gasteiger partial charge in [-0.25, -0.2) is 0 Å². The van der Waals surface area contributed by atoms with E-state index >= 15 is 0 Å². The first-order chi connectivity index (χ1) is 5.69. The molecule has 2 saturated heterocycles. The summed E-state index contributed by atoms with van der Waals surface area (Å²) in [4.78, 5) is 0. The fourth-order valence-electron chi connectivity index (χ4n) is 2.72. The molecule has 2 fully saturated rings. The topological polar surface area (TPSA) is 18.5 Å². The molecule has 3 heteroatoms. The lowest BCUT2D eigenvalue weighted by Gasteiger charge is -2.30. The van der Waals surface area contributed by atoms with Crippen molar-refractivity contribution in [3.05, 3.63) is 0 Å². The molecule has 0 spiro atoms. The largest absolute Gasteiger partial charge is 0.375 e. The van der Waals surface area contributed by atoms with Crippen LogP contribution in [0.4, 0.5) is 0 Å². The standard InChI is InChI=1S/C9H17BO2/c1-3-4-9-5-11-7(6(9)2)8(10)12-9/h6-8H,3-5,10H2,1-2H3/t6?,7?,8?,9-/m0/s1. The van der Waals surface area contributed by atoms with Gasteiger partial charge in [0.1, 0.15) is 7.85 Å². The Hall–Kier alpha value is -0.0151. The molecule has 0 radical (unpaired) electrons. The van der Waals surface area contributed by atoms with Gasteiger partial charge in [-0.1, -0.05) is 20.3 Å². The molecular formula is C9H17BO2. The van der Waals surface area contributed by atoms with Crippen molar-refractivity contribution in [2.24, 2.45) is 5.92 Å². The highest BCUT2D eigenvalue weighted by Gasteiger charge is 2.56. The summed E-state index contributed by atoms with van der Waals surface area (Å²) in [7, 11) is 2.12. The second-order valence-electron chi connectivity index (χ2n) is 4.20. The van der Waals surface area contributed by atoms with Crippen molar-refractivity contribution in [2.45, 2.75) is 44.4 Å². The first-order valence-corrected chi connectivity index (χ1v) is 4.99. The van der Waals surface area contributed by atoms with E-state index in [2.05, 4.69) is 21.7 Å². The van der Waals surface area contributed by atoms with Crippen LogP contribution in [-0.2, 0) is 9.47 Å². The van der Waals surface area contributed by atoms with Gasteiger partial charge in [0, 0.05) is 5.92 Å². The molecule has 0 aromatic rings. The van der Waals surface area contributed by atoms with Crippen molar-refractivity contribution in [2.75, 3.05) is 6.61 Å². The maximum absolute atomic E-state index is 5.98. The molecule has 0 aromatic carbocycles. The Morgan fingerprint density at radius 2 is 2.33 bits per heavy atom. The third kappa shape index (κ3) is 0.959. The molecule has 2 heterocycles. The van der Waals surface area contributed by atoms with Crippen molar-refractivity contribution in [1.82, 2.24) is 0 Å².